The molecule has 0 amide bonds. The van der Waals surface area contributed by atoms with E-state index in [1.54, 1.807) is 6.92 Å². The fourth-order valence-corrected chi connectivity index (χ4v) is 3.50. The van der Waals surface area contributed by atoms with Crippen molar-refractivity contribution in [3.05, 3.63) is 35.1 Å². The maximum atomic E-state index is 13.8. The summed E-state index contributed by atoms with van der Waals surface area (Å²) in [6.07, 6.45) is 0.357. The van der Waals surface area contributed by atoms with Crippen molar-refractivity contribution in [2.75, 3.05) is 18.2 Å². The summed E-state index contributed by atoms with van der Waals surface area (Å²) in [4.78, 5) is 0. The van der Waals surface area contributed by atoms with Crippen LogP contribution in [0, 0.1) is 17.1 Å². The molecule has 0 fully saturated rings. The minimum atomic E-state index is -3.45. The Kier molecular flexibility index (Phi) is 6.40. The molecule has 20 heavy (non-hydrogen) atoms. The molecule has 0 aromatic heterocycles. The number of halogens is 2. The van der Waals surface area contributed by atoms with Gasteiger partial charge in [-0.15, -0.1) is 11.6 Å². The summed E-state index contributed by atoms with van der Waals surface area (Å²) < 4.78 is 39.1. The van der Waals surface area contributed by atoms with Crippen molar-refractivity contribution in [3.63, 3.8) is 0 Å². The summed E-state index contributed by atoms with van der Waals surface area (Å²) in [6, 6.07) is 5.85. The van der Waals surface area contributed by atoms with Gasteiger partial charge in [0.25, 0.3) is 0 Å². The van der Waals surface area contributed by atoms with Gasteiger partial charge in [0.1, 0.15) is 5.82 Å². The van der Waals surface area contributed by atoms with E-state index in [9.17, 15) is 12.8 Å². The van der Waals surface area contributed by atoms with E-state index in [1.807, 2.05) is 6.07 Å². The van der Waals surface area contributed by atoms with Gasteiger partial charge in [0.15, 0.2) is 0 Å². The zero-order valence-corrected chi connectivity index (χ0v) is 12.7. The summed E-state index contributed by atoms with van der Waals surface area (Å²) in [7, 11) is -3.45. The molecule has 0 radical (unpaired) electrons. The molecule has 0 spiro atoms. The average molecular weight is 319 g/mol. The van der Waals surface area contributed by atoms with Crippen LogP contribution in [0.15, 0.2) is 18.2 Å². The number of hydrogen-bond donors (Lipinski definition) is 0. The Bertz CT molecular complexity index is 599. The smallest absolute Gasteiger partial charge is 0.212 e. The predicted molar refractivity (Wildman–Crippen MR) is 76.3 cm³/mol. The standard InChI is InChI=1S/C13H16ClFN2O2S/c1-2-17(20(18,19)7-3-6-14)10-12-5-4-11(9-16)8-13(12)15/h4-5,8H,2-3,6-7,10H2,1H3. The van der Waals surface area contributed by atoms with E-state index in [0.717, 1.165) is 6.07 Å². The highest BCUT2D eigenvalue weighted by Gasteiger charge is 2.21. The number of alkyl halides is 1. The second kappa shape index (κ2) is 7.58. The Morgan fingerprint density at radius 3 is 2.65 bits per heavy atom. The molecule has 0 N–H and O–H groups in total. The van der Waals surface area contributed by atoms with Crippen LogP contribution in [0.1, 0.15) is 24.5 Å². The lowest BCUT2D eigenvalue weighted by atomic mass is 10.1. The SMILES string of the molecule is CCN(Cc1ccc(C#N)cc1F)S(=O)(=O)CCCCl. The summed E-state index contributed by atoms with van der Waals surface area (Å²) in [6.45, 7) is 1.91. The van der Waals surface area contributed by atoms with Gasteiger partial charge >= 0.3 is 0 Å². The number of nitrogens with zero attached hydrogens (tertiary/aromatic N) is 2. The molecule has 0 atom stereocenters. The normalized spacial score (nSPS) is 11.6. The summed E-state index contributed by atoms with van der Waals surface area (Å²) in [5.74, 6) is -0.361. The number of rotatable bonds is 7. The second-order valence-electron chi connectivity index (χ2n) is 4.20. The van der Waals surface area contributed by atoms with Gasteiger partial charge in [-0.2, -0.15) is 9.57 Å². The molecule has 0 bridgehead atoms. The van der Waals surface area contributed by atoms with Crippen molar-refractivity contribution >= 4 is 21.6 Å². The number of hydrogen-bond acceptors (Lipinski definition) is 3. The fraction of sp³-hybridized carbons (Fsp3) is 0.462. The van der Waals surface area contributed by atoms with Crippen molar-refractivity contribution in [3.8, 4) is 6.07 Å². The first-order valence-corrected chi connectivity index (χ1v) is 8.31. The van der Waals surface area contributed by atoms with Crippen molar-refractivity contribution in [1.82, 2.24) is 4.31 Å². The average Bonchev–Trinajstić information content (AvgIpc) is 2.43. The van der Waals surface area contributed by atoms with Crippen LogP contribution in [0.5, 0.6) is 0 Å². The lowest BCUT2D eigenvalue weighted by molar-refractivity contribution is 0.415. The molecule has 0 aliphatic heterocycles. The first kappa shape index (κ1) is 16.9. The van der Waals surface area contributed by atoms with Crippen LogP contribution in [-0.4, -0.2) is 30.9 Å². The van der Waals surface area contributed by atoms with Crippen LogP contribution >= 0.6 is 11.6 Å². The Labute approximate surface area is 123 Å². The molecule has 1 rings (SSSR count). The van der Waals surface area contributed by atoms with Gasteiger partial charge in [0, 0.05) is 24.5 Å². The van der Waals surface area contributed by atoms with Crippen LogP contribution in [0.2, 0.25) is 0 Å². The fourth-order valence-electron chi connectivity index (χ4n) is 1.71. The van der Waals surface area contributed by atoms with E-state index in [4.69, 9.17) is 16.9 Å². The summed E-state index contributed by atoms with van der Waals surface area (Å²) >= 11 is 5.50. The minimum Gasteiger partial charge on any atom is -0.212 e. The van der Waals surface area contributed by atoms with Crippen LogP contribution < -0.4 is 0 Å². The predicted octanol–water partition coefficient (Wildman–Crippen LogP) is 2.48. The van der Waals surface area contributed by atoms with Crippen LogP contribution in [0.25, 0.3) is 0 Å². The largest absolute Gasteiger partial charge is 0.214 e. The van der Waals surface area contributed by atoms with Gasteiger partial charge < -0.3 is 0 Å². The van der Waals surface area contributed by atoms with Gasteiger partial charge in [-0.1, -0.05) is 13.0 Å². The molecule has 4 nitrogen and oxygen atoms in total. The molecule has 0 unspecified atom stereocenters. The van der Waals surface area contributed by atoms with Crippen molar-refractivity contribution in [2.45, 2.75) is 19.9 Å². The minimum absolute atomic E-state index is 0.0430. The summed E-state index contributed by atoms with van der Waals surface area (Å²) in [5, 5.41) is 8.67. The zero-order valence-electron chi connectivity index (χ0n) is 11.1. The lowest BCUT2D eigenvalue weighted by Gasteiger charge is -2.20. The molecule has 7 heteroatoms. The van der Waals surface area contributed by atoms with E-state index < -0.39 is 15.8 Å². The molecule has 0 heterocycles. The molecule has 0 aliphatic rings. The van der Waals surface area contributed by atoms with Crippen molar-refractivity contribution in [2.24, 2.45) is 0 Å². The van der Waals surface area contributed by atoms with Gasteiger partial charge in [-0.25, -0.2) is 12.8 Å². The number of nitriles is 1. The first-order chi connectivity index (χ1) is 9.44. The van der Waals surface area contributed by atoms with E-state index in [2.05, 4.69) is 0 Å². The number of sulfonamides is 1. The van der Waals surface area contributed by atoms with E-state index in [-0.39, 0.29) is 35.8 Å². The zero-order chi connectivity index (χ0) is 15.2. The van der Waals surface area contributed by atoms with E-state index in [0.29, 0.717) is 6.42 Å². The molecule has 1 aromatic rings. The number of benzene rings is 1. The Hall–Kier alpha value is -1.16. The molecule has 0 saturated heterocycles. The van der Waals surface area contributed by atoms with Crippen LogP contribution in [0.4, 0.5) is 4.39 Å². The quantitative estimate of drug-likeness (QED) is 0.726. The van der Waals surface area contributed by atoms with Crippen molar-refractivity contribution < 1.29 is 12.8 Å². The monoisotopic (exact) mass is 318 g/mol. The second-order valence-corrected chi connectivity index (χ2v) is 6.67. The Morgan fingerprint density at radius 1 is 1.45 bits per heavy atom. The van der Waals surface area contributed by atoms with E-state index in [1.165, 1.54) is 16.4 Å². The van der Waals surface area contributed by atoms with Crippen LogP contribution in [-0.2, 0) is 16.6 Å². The highest BCUT2D eigenvalue weighted by atomic mass is 35.5. The van der Waals surface area contributed by atoms with Crippen LogP contribution in [0.3, 0.4) is 0 Å². The Balaban J connectivity index is 2.92. The summed E-state index contributed by atoms with van der Waals surface area (Å²) in [5.41, 5.74) is 0.458. The molecule has 1 aromatic carbocycles. The van der Waals surface area contributed by atoms with Gasteiger partial charge in [-0.05, 0) is 18.6 Å². The molecule has 0 saturated carbocycles. The first-order valence-electron chi connectivity index (χ1n) is 6.17. The highest BCUT2D eigenvalue weighted by molar-refractivity contribution is 7.89. The third kappa shape index (κ3) is 4.44. The maximum Gasteiger partial charge on any atom is 0.214 e. The Morgan fingerprint density at radius 2 is 2.15 bits per heavy atom. The van der Waals surface area contributed by atoms with Crippen molar-refractivity contribution in [1.29, 1.82) is 5.26 Å². The van der Waals surface area contributed by atoms with E-state index >= 15 is 0 Å². The molecule has 110 valence electrons. The topological polar surface area (TPSA) is 61.2 Å². The maximum absolute atomic E-state index is 13.8. The third-order valence-electron chi connectivity index (χ3n) is 2.81. The van der Waals surface area contributed by atoms with Gasteiger partial charge in [0.2, 0.25) is 10.0 Å². The third-order valence-corrected chi connectivity index (χ3v) is 5.06. The lowest BCUT2D eigenvalue weighted by Crippen LogP contribution is -2.32. The van der Waals surface area contributed by atoms with Gasteiger partial charge in [-0.3, -0.25) is 0 Å². The van der Waals surface area contributed by atoms with Gasteiger partial charge in [0.05, 0.1) is 17.4 Å². The molecular formula is C13H16ClFN2O2S. The molecule has 0 aliphatic carbocycles. The molecular weight excluding hydrogens is 303 g/mol. The highest BCUT2D eigenvalue weighted by Crippen LogP contribution is 2.15.